The normalized spacial score (nSPS) is 13.0. The molecule has 0 saturated carbocycles. The molecule has 0 saturated heterocycles. The number of Topliss-reactive ketones (excluding diaryl/α,β-unsaturated/α-hetero) is 1. The maximum absolute atomic E-state index is 11.3. The second-order valence-corrected chi connectivity index (χ2v) is 3.62. The van der Waals surface area contributed by atoms with Crippen LogP contribution in [0.1, 0.15) is 17.5 Å². The average molecular weight is 218 g/mol. The molecule has 0 aliphatic heterocycles. The van der Waals surface area contributed by atoms with Gasteiger partial charge in [0, 0.05) is 7.05 Å². The largest absolute Gasteiger partial charge is 0.314 e. The first-order valence-corrected chi connectivity index (χ1v) is 4.06. The van der Waals surface area contributed by atoms with Crippen LogP contribution in [0.25, 0.3) is 0 Å². The van der Waals surface area contributed by atoms with Gasteiger partial charge in [0.1, 0.15) is 6.33 Å². The van der Waals surface area contributed by atoms with Gasteiger partial charge in [-0.3, -0.25) is 4.79 Å². The fraction of sp³-hybridized carbons (Fsp3) is 0.500. The number of nitrogens with zero attached hydrogens (tertiary/aromatic N) is 3. The van der Waals surface area contributed by atoms with E-state index in [0.717, 1.165) is 0 Å². The van der Waals surface area contributed by atoms with Crippen molar-refractivity contribution in [1.82, 2.24) is 14.8 Å². The number of hydrogen-bond acceptors (Lipinski definition) is 3. The fourth-order valence-electron chi connectivity index (χ4n) is 0.684. The lowest BCUT2D eigenvalue weighted by Gasteiger charge is -1.99. The van der Waals surface area contributed by atoms with E-state index >= 15 is 0 Å². The molecule has 0 amide bonds. The van der Waals surface area contributed by atoms with Gasteiger partial charge in [-0.2, -0.15) is 0 Å². The maximum atomic E-state index is 11.3. The number of carbonyl (C=O) groups excluding carboxylic acids is 1. The lowest BCUT2D eigenvalue weighted by Crippen LogP contribution is -2.15. The number of rotatable bonds is 2. The summed E-state index contributed by atoms with van der Waals surface area (Å²) in [6, 6.07) is 0. The predicted octanol–water partition coefficient (Wildman–Crippen LogP) is 0.781. The van der Waals surface area contributed by atoms with Crippen molar-refractivity contribution in [3.05, 3.63) is 12.2 Å². The summed E-state index contributed by atoms with van der Waals surface area (Å²) in [6.07, 6.45) is 1.50. The van der Waals surface area contributed by atoms with Crippen LogP contribution in [0.4, 0.5) is 0 Å². The van der Waals surface area contributed by atoms with E-state index in [0.29, 0.717) is 5.82 Å². The summed E-state index contributed by atoms with van der Waals surface area (Å²) in [7, 11) is 1.74. The van der Waals surface area contributed by atoms with Crippen molar-refractivity contribution in [3.63, 3.8) is 0 Å². The molecular weight excluding hydrogens is 210 g/mol. The summed E-state index contributed by atoms with van der Waals surface area (Å²) in [6.45, 7) is 1.76. The quantitative estimate of drug-likeness (QED) is 0.544. The zero-order chi connectivity index (χ0) is 8.43. The summed E-state index contributed by atoms with van der Waals surface area (Å²) in [5, 5.41) is 7.27. The molecular formula is C6H8BrN3O. The van der Waals surface area contributed by atoms with E-state index in [1.54, 1.807) is 18.5 Å². The molecule has 5 heteroatoms. The third-order valence-electron chi connectivity index (χ3n) is 1.29. The topological polar surface area (TPSA) is 47.8 Å². The van der Waals surface area contributed by atoms with Gasteiger partial charge < -0.3 is 4.57 Å². The van der Waals surface area contributed by atoms with E-state index in [9.17, 15) is 4.79 Å². The van der Waals surface area contributed by atoms with Gasteiger partial charge in [-0.1, -0.05) is 15.9 Å². The summed E-state index contributed by atoms with van der Waals surface area (Å²) in [4.78, 5) is 11.1. The summed E-state index contributed by atoms with van der Waals surface area (Å²) >= 11 is 3.16. The maximum Gasteiger partial charge on any atom is 0.213 e. The molecule has 0 spiro atoms. The van der Waals surface area contributed by atoms with Crippen LogP contribution in [0.5, 0.6) is 0 Å². The fourth-order valence-corrected chi connectivity index (χ4v) is 0.889. The van der Waals surface area contributed by atoms with Crippen molar-refractivity contribution in [2.24, 2.45) is 7.05 Å². The van der Waals surface area contributed by atoms with E-state index in [4.69, 9.17) is 0 Å². The smallest absolute Gasteiger partial charge is 0.213 e. The van der Waals surface area contributed by atoms with Crippen molar-refractivity contribution in [1.29, 1.82) is 0 Å². The zero-order valence-electron chi connectivity index (χ0n) is 6.28. The van der Waals surface area contributed by atoms with Crippen molar-refractivity contribution < 1.29 is 4.79 Å². The Kier molecular flexibility index (Phi) is 2.38. The van der Waals surface area contributed by atoms with Crippen LogP contribution in [0.3, 0.4) is 0 Å². The molecule has 0 aliphatic carbocycles. The molecule has 0 bridgehead atoms. The van der Waals surface area contributed by atoms with Gasteiger partial charge in [0.25, 0.3) is 0 Å². The highest BCUT2D eigenvalue weighted by atomic mass is 79.9. The minimum atomic E-state index is -0.203. The lowest BCUT2D eigenvalue weighted by molar-refractivity contribution is 0.0982. The van der Waals surface area contributed by atoms with Crippen molar-refractivity contribution >= 4 is 21.7 Å². The molecule has 0 N–H and O–H groups in total. The molecule has 1 aromatic heterocycles. The molecule has 1 atom stereocenters. The number of aromatic nitrogens is 3. The Labute approximate surface area is 72.7 Å². The lowest BCUT2D eigenvalue weighted by atomic mass is 10.3. The van der Waals surface area contributed by atoms with Crippen LogP contribution in [-0.2, 0) is 7.05 Å². The SMILES string of the molecule is C[C@@H](Br)C(=O)c1nncn1C. The Bertz CT molecular complexity index is 269. The summed E-state index contributed by atoms with van der Waals surface area (Å²) in [5.41, 5.74) is 0. The molecule has 1 rings (SSSR count). The molecule has 0 aromatic carbocycles. The molecule has 60 valence electrons. The van der Waals surface area contributed by atoms with Gasteiger partial charge >= 0.3 is 0 Å². The van der Waals surface area contributed by atoms with Gasteiger partial charge in [0.05, 0.1) is 4.83 Å². The third-order valence-corrected chi connectivity index (χ3v) is 1.71. The molecule has 0 fully saturated rings. The molecule has 0 aliphatic rings. The van der Waals surface area contributed by atoms with E-state index < -0.39 is 0 Å². The van der Waals surface area contributed by atoms with Crippen molar-refractivity contribution in [2.75, 3.05) is 0 Å². The van der Waals surface area contributed by atoms with Crippen LogP contribution in [-0.4, -0.2) is 25.4 Å². The first kappa shape index (κ1) is 8.39. The molecule has 0 unspecified atom stereocenters. The molecule has 1 aromatic rings. The van der Waals surface area contributed by atoms with Gasteiger partial charge in [0.2, 0.25) is 11.6 Å². The van der Waals surface area contributed by atoms with E-state index in [1.807, 2.05) is 0 Å². The number of halogens is 1. The van der Waals surface area contributed by atoms with Crippen LogP contribution >= 0.6 is 15.9 Å². The highest BCUT2D eigenvalue weighted by molar-refractivity contribution is 9.10. The van der Waals surface area contributed by atoms with Crippen molar-refractivity contribution in [3.8, 4) is 0 Å². The Morgan fingerprint density at radius 2 is 2.45 bits per heavy atom. The van der Waals surface area contributed by atoms with Gasteiger partial charge in [-0.05, 0) is 6.92 Å². The molecule has 4 nitrogen and oxygen atoms in total. The van der Waals surface area contributed by atoms with Crippen molar-refractivity contribution in [2.45, 2.75) is 11.8 Å². The predicted molar refractivity (Wildman–Crippen MR) is 43.7 cm³/mol. The van der Waals surface area contributed by atoms with Crippen LogP contribution in [0.15, 0.2) is 6.33 Å². The van der Waals surface area contributed by atoms with E-state index in [2.05, 4.69) is 26.1 Å². The van der Waals surface area contributed by atoms with Gasteiger partial charge in [0.15, 0.2) is 0 Å². The van der Waals surface area contributed by atoms with Crippen LogP contribution < -0.4 is 0 Å². The highest BCUT2D eigenvalue weighted by Gasteiger charge is 2.16. The second kappa shape index (κ2) is 3.13. The average Bonchev–Trinajstić information content (AvgIpc) is 2.33. The standard InChI is InChI=1S/C6H8BrN3O/c1-4(7)5(11)6-9-8-3-10(6)2/h3-4H,1-2H3/t4-/m1/s1. The molecule has 1 heterocycles. The first-order chi connectivity index (χ1) is 5.13. The zero-order valence-corrected chi connectivity index (χ0v) is 7.87. The minimum absolute atomic E-state index is 0.0509. The number of aryl methyl sites for hydroxylation is 1. The second-order valence-electron chi connectivity index (χ2n) is 2.25. The Hall–Kier alpha value is -0.710. The first-order valence-electron chi connectivity index (χ1n) is 3.15. The molecule has 11 heavy (non-hydrogen) atoms. The third kappa shape index (κ3) is 1.65. The van der Waals surface area contributed by atoms with E-state index in [1.165, 1.54) is 6.33 Å². The Balaban J connectivity index is 2.93. The number of alkyl halides is 1. The number of carbonyl (C=O) groups is 1. The monoisotopic (exact) mass is 217 g/mol. The van der Waals surface area contributed by atoms with E-state index in [-0.39, 0.29) is 10.6 Å². The number of ketones is 1. The Morgan fingerprint density at radius 3 is 2.82 bits per heavy atom. The van der Waals surface area contributed by atoms with Crippen LogP contribution in [0, 0.1) is 0 Å². The van der Waals surface area contributed by atoms with Gasteiger partial charge in [-0.25, -0.2) is 0 Å². The minimum Gasteiger partial charge on any atom is -0.314 e. The summed E-state index contributed by atoms with van der Waals surface area (Å²) in [5.74, 6) is 0.333. The molecule has 0 radical (unpaired) electrons. The Morgan fingerprint density at radius 1 is 1.82 bits per heavy atom. The summed E-state index contributed by atoms with van der Waals surface area (Å²) < 4.78 is 1.60. The number of hydrogen-bond donors (Lipinski definition) is 0. The van der Waals surface area contributed by atoms with Gasteiger partial charge in [-0.15, -0.1) is 10.2 Å². The highest BCUT2D eigenvalue weighted by Crippen LogP contribution is 2.05. The van der Waals surface area contributed by atoms with Crippen LogP contribution in [0.2, 0.25) is 0 Å².